The number of nitrogens with one attached hydrogen (secondary N) is 1. The topological polar surface area (TPSA) is 99.4 Å². The Balaban J connectivity index is 1.73. The quantitative estimate of drug-likeness (QED) is 0.868. The van der Waals surface area contributed by atoms with Gasteiger partial charge in [-0.2, -0.15) is 5.26 Å². The molecule has 1 aromatic heterocycles. The van der Waals surface area contributed by atoms with Crippen LogP contribution < -0.4 is 5.32 Å². The van der Waals surface area contributed by atoms with Crippen LogP contribution in [0.25, 0.3) is 0 Å². The number of amides is 1. The van der Waals surface area contributed by atoms with Crippen molar-refractivity contribution in [2.75, 3.05) is 11.9 Å². The third-order valence-corrected chi connectivity index (χ3v) is 4.34. The largest absolute Gasteiger partial charge is 0.481 e. The predicted molar refractivity (Wildman–Crippen MR) is 77.0 cm³/mol. The van der Waals surface area contributed by atoms with Gasteiger partial charge in [0.25, 0.3) is 5.91 Å². The lowest BCUT2D eigenvalue weighted by Crippen LogP contribution is -2.29. The van der Waals surface area contributed by atoms with Crippen LogP contribution in [0, 0.1) is 17.2 Å². The Morgan fingerprint density at radius 1 is 1.43 bits per heavy atom. The van der Waals surface area contributed by atoms with Crippen molar-refractivity contribution in [3.63, 3.8) is 0 Å². The van der Waals surface area contributed by atoms with Gasteiger partial charge in [-0.25, -0.2) is 0 Å². The average Bonchev–Trinajstić information content (AvgIpc) is 2.92. The van der Waals surface area contributed by atoms with Crippen molar-refractivity contribution in [1.82, 2.24) is 0 Å². The molecule has 1 heterocycles. The first-order chi connectivity index (χ1) is 10.1. The molecule has 0 atom stereocenters. The summed E-state index contributed by atoms with van der Waals surface area (Å²) >= 11 is 1.29. The number of rotatable bonds is 5. The Morgan fingerprint density at radius 3 is 2.76 bits per heavy atom. The van der Waals surface area contributed by atoms with E-state index >= 15 is 0 Å². The van der Waals surface area contributed by atoms with Crippen LogP contribution in [-0.4, -0.2) is 29.7 Å². The van der Waals surface area contributed by atoms with E-state index in [-0.39, 0.29) is 24.5 Å². The maximum atomic E-state index is 11.8. The van der Waals surface area contributed by atoms with Gasteiger partial charge >= 0.3 is 5.97 Å². The number of carboxylic acid groups (broad SMARTS) is 1. The summed E-state index contributed by atoms with van der Waals surface area (Å²) in [7, 11) is 0. The van der Waals surface area contributed by atoms with E-state index in [1.165, 1.54) is 11.3 Å². The molecule has 0 spiro atoms. The number of thiophene rings is 1. The second kappa shape index (κ2) is 7.20. The molecule has 0 aliphatic heterocycles. The monoisotopic (exact) mass is 308 g/mol. The van der Waals surface area contributed by atoms with Crippen molar-refractivity contribution in [1.29, 1.82) is 5.26 Å². The average molecular weight is 308 g/mol. The Bertz CT molecular complexity index is 556. The van der Waals surface area contributed by atoms with Crippen LogP contribution in [0.1, 0.15) is 31.2 Å². The van der Waals surface area contributed by atoms with E-state index in [0.29, 0.717) is 36.2 Å². The number of ether oxygens (including phenoxy) is 1. The summed E-state index contributed by atoms with van der Waals surface area (Å²) in [5.74, 6) is -1.34. The van der Waals surface area contributed by atoms with E-state index in [2.05, 4.69) is 5.32 Å². The molecule has 7 heteroatoms. The van der Waals surface area contributed by atoms with Gasteiger partial charge in [0.1, 0.15) is 17.7 Å². The fourth-order valence-corrected chi connectivity index (χ4v) is 3.08. The first-order valence-corrected chi connectivity index (χ1v) is 7.60. The van der Waals surface area contributed by atoms with Crippen LogP contribution >= 0.6 is 11.3 Å². The van der Waals surface area contributed by atoms with E-state index in [0.717, 1.165) is 0 Å². The molecule has 1 aromatic rings. The molecule has 1 aliphatic carbocycles. The highest BCUT2D eigenvalue weighted by Gasteiger charge is 2.26. The number of carbonyl (C=O) groups excluding carboxylic acids is 1. The number of carboxylic acids is 1. The van der Waals surface area contributed by atoms with E-state index in [4.69, 9.17) is 15.1 Å². The zero-order valence-corrected chi connectivity index (χ0v) is 12.2. The van der Waals surface area contributed by atoms with Gasteiger partial charge < -0.3 is 15.2 Å². The molecule has 21 heavy (non-hydrogen) atoms. The summed E-state index contributed by atoms with van der Waals surface area (Å²) in [6, 6.07) is 3.65. The van der Waals surface area contributed by atoms with Crippen LogP contribution in [0.5, 0.6) is 0 Å². The first kappa shape index (κ1) is 15.5. The molecule has 0 radical (unpaired) electrons. The minimum absolute atomic E-state index is 0.0647. The third kappa shape index (κ3) is 4.28. The van der Waals surface area contributed by atoms with E-state index < -0.39 is 5.97 Å². The molecule has 1 fully saturated rings. The smallest absolute Gasteiger partial charge is 0.306 e. The lowest BCUT2D eigenvalue weighted by Gasteiger charge is -2.25. The molecular weight excluding hydrogens is 292 g/mol. The van der Waals surface area contributed by atoms with Gasteiger partial charge in [0.2, 0.25) is 0 Å². The number of carbonyl (C=O) groups is 2. The zero-order chi connectivity index (χ0) is 15.2. The maximum Gasteiger partial charge on any atom is 0.306 e. The predicted octanol–water partition coefficient (Wildman–Crippen LogP) is 2.22. The summed E-state index contributed by atoms with van der Waals surface area (Å²) in [4.78, 5) is 22.6. The molecule has 0 saturated heterocycles. The molecule has 2 rings (SSSR count). The Hall–Kier alpha value is -1.91. The molecule has 0 aromatic carbocycles. The van der Waals surface area contributed by atoms with Gasteiger partial charge in [-0.1, -0.05) is 0 Å². The summed E-state index contributed by atoms with van der Waals surface area (Å²) in [6.07, 6.45) is 2.43. The van der Waals surface area contributed by atoms with Crippen LogP contribution in [0.4, 0.5) is 5.00 Å². The molecule has 1 amide bonds. The summed E-state index contributed by atoms with van der Waals surface area (Å²) in [5.41, 5.74) is 0.440. The van der Waals surface area contributed by atoms with Gasteiger partial charge in [-0.05, 0) is 37.1 Å². The zero-order valence-electron chi connectivity index (χ0n) is 11.4. The van der Waals surface area contributed by atoms with Crippen molar-refractivity contribution in [3.05, 3.63) is 17.0 Å². The lowest BCUT2D eigenvalue weighted by molar-refractivity contribution is -0.144. The van der Waals surface area contributed by atoms with Gasteiger partial charge in [-0.3, -0.25) is 9.59 Å². The summed E-state index contributed by atoms with van der Waals surface area (Å²) in [6.45, 7) is -0.0782. The number of anilines is 1. The fraction of sp³-hybridized carbons (Fsp3) is 0.500. The standard InChI is InChI=1S/C14H16N2O4S/c15-7-10-5-6-21-13(10)16-12(17)8-20-11-3-1-9(2-4-11)14(18)19/h5-6,9,11H,1-4,8H2,(H,16,17)(H,18,19). The molecule has 1 saturated carbocycles. The van der Waals surface area contributed by atoms with E-state index in [9.17, 15) is 9.59 Å². The number of hydrogen-bond acceptors (Lipinski definition) is 5. The van der Waals surface area contributed by atoms with Crippen LogP contribution in [-0.2, 0) is 14.3 Å². The lowest BCUT2D eigenvalue weighted by atomic mass is 9.87. The van der Waals surface area contributed by atoms with E-state index in [1.54, 1.807) is 11.4 Å². The van der Waals surface area contributed by atoms with Gasteiger partial charge in [-0.15, -0.1) is 11.3 Å². The second-order valence-electron chi connectivity index (χ2n) is 4.95. The Kier molecular flexibility index (Phi) is 5.31. The Labute approximate surface area is 126 Å². The van der Waals surface area contributed by atoms with Crippen molar-refractivity contribution >= 4 is 28.2 Å². The minimum atomic E-state index is -0.757. The molecule has 112 valence electrons. The number of aliphatic carboxylic acids is 1. The van der Waals surface area contributed by atoms with Gasteiger partial charge in [0.15, 0.2) is 0 Å². The van der Waals surface area contributed by atoms with Crippen molar-refractivity contribution < 1.29 is 19.4 Å². The molecule has 0 bridgehead atoms. The molecular formula is C14H16N2O4S. The molecule has 2 N–H and O–H groups in total. The maximum absolute atomic E-state index is 11.8. The Morgan fingerprint density at radius 2 is 2.14 bits per heavy atom. The van der Waals surface area contributed by atoms with Crippen molar-refractivity contribution in [3.8, 4) is 6.07 Å². The fourth-order valence-electron chi connectivity index (χ4n) is 2.33. The SMILES string of the molecule is N#Cc1ccsc1NC(=O)COC1CCC(C(=O)O)CC1. The summed E-state index contributed by atoms with van der Waals surface area (Å²) < 4.78 is 5.51. The van der Waals surface area contributed by atoms with Crippen molar-refractivity contribution in [2.45, 2.75) is 31.8 Å². The second-order valence-corrected chi connectivity index (χ2v) is 5.86. The minimum Gasteiger partial charge on any atom is -0.481 e. The highest BCUT2D eigenvalue weighted by molar-refractivity contribution is 7.14. The van der Waals surface area contributed by atoms with Crippen LogP contribution in [0.3, 0.4) is 0 Å². The number of nitriles is 1. The normalized spacial score (nSPS) is 21.5. The highest BCUT2D eigenvalue weighted by atomic mass is 32.1. The van der Waals surface area contributed by atoms with Gasteiger partial charge in [0.05, 0.1) is 17.6 Å². The third-order valence-electron chi connectivity index (χ3n) is 3.51. The molecule has 6 nitrogen and oxygen atoms in total. The van der Waals surface area contributed by atoms with Crippen LogP contribution in [0.15, 0.2) is 11.4 Å². The van der Waals surface area contributed by atoms with Crippen molar-refractivity contribution in [2.24, 2.45) is 5.92 Å². The summed E-state index contributed by atoms with van der Waals surface area (Å²) in [5, 5.41) is 22.7. The molecule has 0 unspecified atom stereocenters. The first-order valence-electron chi connectivity index (χ1n) is 6.72. The van der Waals surface area contributed by atoms with Crippen LogP contribution in [0.2, 0.25) is 0 Å². The number of hydrogen-bond donors (Lipinski definition) is 2. The highest BCUT2D eigenvalue weighted by Crippen LogP contribution is 2.26. The molecule has 1 aliphatic rings. The van der Waals surface area contributed by atoms with Gasteiger partial charge in [0, 0.05) is 0 Å². The number of nitrogens with zero attached hydrogens (tertiary/aromatic N) is 1. The van der Waals surface area contributed by atoms with E-state index in [1.807, 2.05) is 6.07 Å².